The number of aromatic carboxylic acids is 1. The van der Waals surface area contributed by atoms with Crippen LogP contribution in [0.15, 0.2) is 42.6 Å². The molecule has 2 rings (SSSR count). The number of carboxylic acid groups (broad SMARTS) is 1. The first-order valence-corrected chi connectivity index (χ1v) is 4.96. The topological polar surface area (TPSA) is 67.3 Å². The van der Waals surface area contributed by atoms with Crippen molar-refractivity contribution < 1.29 is 14.7 Å². The summed E-state index contributed by atoms with van der Waals surface area (Å²) in [4.78, 5) is 25.6. The van der Waals surface area contributed by atoms with Crippen LogP contribution in [-0.4, -0.2) is 22.3 Å². The predicted molar refractivity (Wildman–Crippen MR) is 62.0 cm³/mol. The van der Waals surface area contributed by atoms with E-state index in [1.165, 1.54) is 12.3 Å². The Morgan fingerprint density at radius 3 is 2.47 bits per heavy atom. The van der Waals surface area contributed by atoms with Crippen LogP contribution in [-0.2, 0) is 0 Å². The summed E-state index contributed by atoms with van der Waals surface area (Å²) in [5.41, 5.74) is 1.76. The van der Waals surface area contributed by atoms with Gasteiger partial charge in [-0.25, -0.2) is 4.79 Å². The predicted octanol–water partition coefficient (Wildman–Crippen LogP) is 2.26. The van der Waals surface area contributed by atoms with E-state index in [2.05, 4.69) is 4.98 Å². The fraction of sp³-hybridized carbons (Fsp3) is 0. The molecule has 0 aliphatic rings. The van der Waals surface area contributed by atoms with Crippen LogP contribution < -0.4 is 0 Å². The number of aldehydes is 1. The molecule has 4 nitrogen and oxygen atoms in total. The highest BCUT2D eigenvalue weighted by Gasteiger charge is 2.11. The first-order chi connectivity index (χ1) is 8.22. The van der Waals surface area contributed by atoms with Crippen molar-refractivity contribution in [2.75, 3.05) is 0 Å². The lowest BCUT2D eigenvalue weighted by atomic mass is 10.0. The molecule has 4 heteroatoms. The van der Waals surface area contributed by atoms with Crippen LogP contribution in [0.4, 0.5) is 0 Å². The maximum Gasteiger partial charge on any atom is 0.337 e. The van der Waals surface area contributed by atoms with E-state index in [1.807, 2.05) is 0 Å². The molecule has 0 aliphatic carbocycles. The van der Waals surface area contributed by atoms with Crippen molar-refractivity contribution in [2.24, 2.45) is 0 Å². The second-order valence-corrected chi connectivity index (χ2v) is 3.44. The Morgan fingerprint density at radius 2 is 1.88 bits per heavy atom. The summed E-state index contributed by atoms with van der Waals surface area (Å²) in [6, 6.07) is 9.69. The maximum atomic E-state index is 11.0. The summed E-state index contributed by atoms with van der Waals surface area (Å²) >= 11 is 0. The highest BCUT2D eigenvalue weighted by Crippen LogP contribution is 2.21. The standard InChI is InChI=1S/C13H9NO3/c15-8-9-3-5-10(6-4-9)12-11(13(16)17)2-1-7-14-12/h1-8H,(H,16,17). The molecular formula is C13H9NO3. The number of carbonyl (C=O) groups excluding carboxylic acids is 1. The van der Waals surface area contributed by atoms with Gasteiger partial charge in [0, 0.05) is 17.3 Å². The van der Waals surface area contributed by atoms with Crippen molar-refractivity contribution in [3.8, 4) is 11.3 Å². The molecule has 0 saturated heterocycles. The molecule has 1 aromatic heterocycles. The minimum atomic E-state index is -1.02. The van der Waals surface area contributed by atoms with Gasteiger partial charge in [-0.1, -0.05) is 24.3 Å². The van der Waals surface area contributed by atoms with Crippen molar-refractivity contribution >= 4 is 12.3 Å². The summed E-state index contributed by atoms with van der Waals surface area (Å²) in [7, 11) is 0. The summed E-state index contributed by atoms with van der Waals surface area (Å²) in [6.45, 7) is 0. The SMILES string of the molecule is O=Cc1ccc(-c2ncccc2C(=O)O)cc1. The second kappa shape index (κ2) is 4.57. The lowest BCUT2D eigenvalue weighted by Gasteiger charge is -2.04. The molecule has 1 aromatic carbocycles. The highest BCUT2D eigenvalue weighted by molar-refractivity contribution is 5.94. The minimum Gasteiger partial charge on any atom is -0.478 e. The number of nitrogens with zero attached hydrogens (tertiary/aromatic N) is 1. The Morgan fingerprint density at radius 1 is 1.18 bits per heavy atom. The van der Waals surface area contributed by atoms with Gasteiger partial charge in [0.15, 0.2) is 0 Å². The molecule has 1 N–H and O–H groups in total. The number of rotatable bonds is 3. The number of carboxylic acids is 1. The molecule has 0 fully saturated rings. The number of hydrogen-bond acceptors (Lipinski definition) is 3. The van der Waals surface area contributed by atoms with Crippen molar-refractivity contribution in [2.45, 2.75) is 0 Å². The Kier molecular flexibility index (Phi) is 2.96. The molecule has 0 amide bonds. The zero-order valence-electron chi connectivity index (χ0n) is 8.83. The summed E-state index contributed by atoms with van der Waals surface area (Å²) in [5.74, 6) is -1.02. The van der Waals surface area contributed by atoms with Gasteiger partial charge in [0.2, 0.25) is 0 Å². The number of aromatic nitrogens is 1. The van der Waals surface area contributed by atoms with Crippen molar-refractivity contribution in [1.29, 1.82) is 0 Å². The normalized spacial score (nSPS) is 9.88. The van der Waals surface area contributed by atoms with Crippen LogP contribution in [0.5, 0.6) is 0 Å². The van der Waals surface area contributed by atoms with Gasteiger partial charge in [-0.3, -0.25) is 9.78 Å². The zero-order chi connectivity index (χ0) is 12.3. The van der Waals surface area contributed by atoms with Crippen LogP contribution in [0.2, 0.25) is 0 Å². The molecule has 17 heavy (non-hydrogen) atoms. The van der Waals surface area contributed by atoms with Gasteiger partial charge in [0.05, 0.1) is 11.3 Å². The van der Waals surface area contributed by atoms with Gasteiger partial charge in [-0.05, 0) is 12.1 Å². The molecule has 84 valence electrons. The quantitative estimate of drug-likeness (QED) is 0.816. The van der Waals surface area contributed by atoms with E-state index in [1.54, 1.807) is 30.3 Å². The number of hydrogen-bond donors (Lipinski definition) is 1. The van der Waals surface area contributed by atoms with Crippen LogP contribution in [0, 0.1) is 0 Å². The van der Waals surface area contributed by atoms with Gasteiger partial charge in [0.1, 0.15) is 6.29 Å². The average molecular weight is 227 g/mol. The molecule has 0 spiro atoms. The second-order valence-electron chi connectivity index (χ2n) is 3.44. The van der Waals surface area contributed by atoms with Gasteiger partial charge in [-0.15, -0.1) is 0 Å². The van der Waals surface area contributed by atoms with Gasteiger partial charge in [-0.2, -0.15) is 0 Å². The molecule has 0 atom stereocenters. The van der Waals surface area contributed by atoms with Gasteiger partial charge >= 0.3 is 5.97 Å². The van der Waals surface area contributed by atoms with E-state index >= 15 is 0 Å². The Bertz CT molecular complexity index is 561. The Labute approximate surface area is 97.6 Å². The summed E-state index contributed by atoms with van der Waals surface area (Å²) in [5, 5.41) is 9.03. The van der Waals surface area contributed by atoms with E-state index in [0.29, 0.717) is 16.8 Å². The third kappa shape index (κ3) is 2.20. The molecule has 0 unspecified atom stereocenters. The maximum absolute atomic E-state index is 11.0. The fourth-order valence-electron chi connectivity index (χ4n) is 1.53. The van der Waals surface area contributed by atoms with Crippen LogP contribution in [0.25, 0.3) is 11.3 Å². The first-order valence-electron chi connectivity index (χ1n) is 4.96. The first kappa shape index (κ1) is 11.0. The summed E-state index contributed by atoms with van der Waals surface area (Å²) in [6.07, 6.45) is 2.27. The number of pyridine rings is 1. The zero-order valence-corrected chi connectivity index (χ0v) is 8.83. The molecular weight excluding hydrogens is 218 g/mol. The Hall–Kier alpha value is -2.49. The smallest absolute Gasteiger partial charge is 0.337 e. The average Bonchev–Trinajstić information content (AvgIpc) is 2.39. The minimum absolute atomic E-state index is 0.145. The van der Waals surface area contributed by atoms with E-state index < -0.39 is 5.97 Å². The van der Waals surface area contributed by atoms with Crippen LogP contribution >= 0.6 is 0 Å². The van der Waals surface area contributed by atoms with E-state index in [0.717, 1.165) is 6.29 Å². The third-order valence-electron chi connectivity index (χ3n) is 2.36. The third-order valence-corrected chi connectivity index (χ3v) is 2.36. The van der Waals surface area contributed by atoms with Gasteiger partial charge in [0.25, 0.3) is 0 Å². The van der Waals surface area contributed by atoms with E-state index in [9.17, 15) is 9.59 Å². The molecule has 2 aromatic rings. The van der Waals surface area contributed by atoms with E-state index in [-0.39, 0.29) is 5.56 Å². The molecule has 0 bridgehead atoms. The molecule has 0 aliphatic heterocycles. The summed E-state index contributed by atoms with van der Waals surface area (Å²) < 4.78 is 0. The van der Waals surface area contributed by atoms with Crippen molar-refractivity contribution in [1.82, 2.24) is 4.98 Å². The Balaban J connectivity index is 2.52. The van der Waals surface area contributed by atoms with Crippen LogP contribution in [0.1, 0.15) is 20.7 Å². The largest absolute Gasteiger partial charge is 0.478 e. The lowest BCUT2D eigenvalue weighted by molar-refractivity contribution is 0.0697. The van der Waals surface area contributed by atoms with Crippen molar-refractivity contribution in [3.05, 3.63) is 53.7 Å². The molecule has 0 saturated carbocycles. The van der Waals surface area contributed by atoms with E-state index in [4.69, 9.17) is 5.11 Å². The molecule has 1 heterocycles. The highest BCUT2D eigenvalue weighted by atomic mass is 16.4. The van der Waals surface area contributed by atoms with Gasteiger partial charge < -0.3 is 5.11 Å². The molecule has 0 radical (unpaired) electrons. The fourth-order valence-corrected chi connectivity index (χ4v) is 1.53. The number of benzene rings is 1. The lowest BCUT2D eigenvalue weighted by Crippen LogP contribution is -2.01. The number of carbonyl (C=O) groups is 2. The van der Waals surface area contributed by atoms with Crippen LogP contribution in [0.3, 0.4) is 0 Å². The monoisotopic (exact) mass is 227 g/mol. The van der Waals surface area contributed by atoms with Crippen molar-refractivity contribution in [3.63, 3.8) is 0 Å².